The summed E-state index contributed by atoms with van der Waals surface area (Å²) >= 11 is 0. The van der Waals surface area contributed by atoms with Gasteiger partial charge in [-0.05, 0) is 29.8 Å². The first-order valence-corrected chi connectivity index (χ1v) is 6.54. The Balaban J connectivity index is 1.88. The van der Waals surface area contributed by atoms with Crippen molar-refractivity contribution in [1.29, 1.82) is 5.26 Å². The van der Waals surface area contributed by atoms with Crippen molar-refractivity contribution in [3.05, 3.63) is 65.7 Å². The molecule has 104 valence electrons. The topological polar surface area (TPSA) is 62.6 Å². The molecule has 0 spiro atoms. The second-order valence-electron chi connectivity index (χ2n) is 4.81. The summed E-state index contributed by atoms with van der Waals surface area (Å²) in [5.74, 6) is 0.343. The minimum absolute atomic E-state index is 0.318. The molecule has 1 saturated heterocycles. The van der Waals surface area contributed by atoms with E-state index in [0.717, 1.165) is 5.56 Å². The molecule has 0 N–H and O–H groups in total. The van der Waals surface area contributed by atoms with Crippen LogP contribution in [0.15, 0.2) is 54.6 Å². The van der Waals surface area contributed by atoms with E-state index in [-0.39, 0.29) is 5.78 Å². The Morgan fingerprint density at radius 3 is 2.43 bits per heavy atom. The van der Waals surface area contributed by atoms with Gasteiger partial charge in [-0.1, -0.05) is 30.3 Å². The maximum atomic E-state index is 12.6. The summed E-state index contributed by atoms with van der Waals surface area (Å²) in [4.78, 5) is 12.6. The van der Waals surface area contributed by atoms with Crippen LogP contribution in [0.3, 0.4) is 0 Å². The van der Waals surface area contributed by atoms with Crippen molar-refractivity contribution in [2.24, 2.45) is 0 Å². The number of rotatable bonds is 4. The lowest BCUT2D eigenvalue weighted by atomic mass is 9.92. The van der Waals surface area contributed by atoms with Gasteiger partial charge in [-0.25, -0.2) is 0 Å². The number of Topliss-reactive ketones (excluding diaryl/α,β-unsaturated/α-hetero) is 1. The van der Waals surface area contributed by atoms with Crippen molar-refractivity contribution in [3.8, 4) is 11.8 Å². The van der Waals surface area contributed by atoms with Crippen molar-refractivity contribution < 1.29 is 14.3 Å². The minimum Gasteiger partial charge on any atom is -0.497 e. The molecule has 3 rings (SSSR count). The molecule has 1 heterocycles. The quantitative estimate of drug-likeness (QED) is 0.637. The van der Waals surface area contributed by atoms with Crippen molar-refractivity contribution in [2.45, 2.75) is 11.7 Å². The van der Waals surface area contributed by atoms with E-state index in [2.05, 4.69) is 0 Å². The van der Waals surface area contributed by atoms with E-state index in [1.165, 1.54) is 0 Å². The van der Waals surface area contributed by atoms with Crippen LogP contribution in [0.2, 0.25) is 0 Å². The number of hydrogen-bond donors (Lipinski definition) is 0. The van der Waals surface area contributed by atoms with Crippen LogP contribution in [0, 0.1) is 11.3 Å². The Morgan fingerprint density at radius 1 is 1.19 bits per heavy atom. The van der Waals surface area contributed by atoms with Gasteiger partial charge in [-0.2, -0.15) is 5.26 Å². The third-order valence-corrected chi connectivity index (χ3v) is 3.57. The molecule has 0 aromatic heterocycles. The molecule has 0 radical (unpaired) electrons. The van der Waals surface area contributed by atoms with Gasteiger partial charge in [0.1, 0.15) is 17.9 Å². The smallest absolute Gasteiger partial charge is 0.248 e. The summed E-state index contributed by atoms with van der Waals surface area (Å²) in [6.45, 7) is 0. The molecule has 2 atom stereocenters. The van der Waals surface area contributed by atoms with Crippen LogP contribution >= 0.6 is 0 Å². The second-order valence-corrected chi connectivity index (χ2v) is 4.81. The number of ketones is 1. The average molecular weight is 279 g/mol. The number of nitriles is 1. The summed E-state index contributed by atoms with van der Waals surface area (Å²) in [5.41, 5.74) is -0.132. The second kappa shape index (κ2) is 5.04. The fourth-order valence-electron chi connectivity index (χ4n) is 2.35. The summed E-state index contributed by atoms with van der Waals surface area (Å²) in [6.07, 6.45) is -0.502. The fraction of sp³-hybridized carbons (Fsp3) is 0.176. The van der Waals surface area contributed by atoms with E-state index >= 15 is 0 Å². The van der Waals surface area contributed by atoms with Gasteiger partial charge in [0.15, 0.2) is 0 Å². The van der Waals surface area contributed by atoms with E-state index in [4.69, 9.17) is 9.47 Å². The maximum absolute atomic E-state index is 12.6. The zero-order valence-corrected chi connectivity index (χ0v) is 11.4. The average Bonchev–Trinajstić information content (AvgIpc) is 3.31. The lowest BCUT2D eigenvalue weighted by molar-refractivity contribution is 0.0914. The monoisotopic (exact) mass is 279 g/mol. The van der Waals surface area contributed by atoms with Crippen LogP contribution in [0.5, 0.6) is 5.75 Å². The fourth-order valence-corrected chi connectivity index (χ4v) is 2.35. The zero-order chi connectivity index (χ0) is 14.9. The van der Waals surface area contributed by atoms with Gasteiger partial charge in [0.05, 0.1) is 7.11 Å². The molecular weight excluding hydrogens is 266 g/mol. The van der Waals surface area contributed by atoms with E-state index in [1.807, 2.05) is 36.4 Å². The Hall–Kier alpha value is -2.64. The van der Waals surface area contributed by atoms with Gasteiger partial charge in [-0.3, -0.25) is 4.79 Å². The van der Waals surface area contributed by atoms with E-state index in [0.29, 0.717) is 11.3 Å². The van der Waals surface area contributed by atoms with Crippen LogP contribution in [-0.2, 0) is 4.74 Å². The molecule has 2 aromatic rings. The van der Waals surface area contributed by atoms with E-state index < -0.39 is 11.7 Å². The Labute approximate surface area is 122 Å². The zero-order valence-electron chi connectivity index (χ0n) is 11.4. The third-order valence-electron chi connectivity index (χ3n) is 3.57. The Morgan fingerprint density at radius 2 is 1.86 bits per heavy atom. The molecular formula is C17H13NO3. The molecule has 1 aliphatic heterocycles. The van der Waals surface area contributed by atoms with Crippen LogP contribution in [0.4, 0.5) is 0 Å². The molecule has 0 bridgehead atoms. The van der Waals surface area contributed by atoms with Crippen LogP contribution < -0.4 is 4.74 Å². The molecule has 2 unspecified atom stereocenters. The van der Waals surface area contributed by atoms with Gasteiger partial charge in [0, 0.05) is 5.56 Å². The predicted octanol–water partition coefficient (Wildman–Crippen LogP) is 2.91. The summed E-state index contributed by atoms with van der Waals surface area (Å²) in [5, 5.41) is 9.40. The van der Waals surface area contributed by atoms with E-state index in [9.17, 15) is 10.1 Å². The van der Waals surface area contributed by atoms with Crippen molar-refractivity contribution in [1.82, 2.24) is 0 Å². The highest BCUT2D eigenvalue weighted by Crippen LogP contribution is 2.51. The highest BCUT2D eigenvalue weighted by molar-refractivity contribution is 6.07. The normalized spacial score (nSPS) is 23.1. The van der Waals surface area contributed by atoms with Gasteiger partial charge in [0.2, 0.25) is 11.4 Å². The number of epoxide rings is 1. The summed E-state index contributed by atoms with van der Waals surface area (Å²) < 4.78 is 10.5. The number of ether oxygens (including phenoxy) is 2. The van der Waals surface area contributed by atoms with Crippen LogP contribution in [0.25, 0.3) is 0 Å². The van der Waals surface area contributed by atoms with Crippen LogP contribution in [-0.4, -0.2) is 18.5 Å². The van der Waals surface area contributed by atoms with Crippen molar-refractivity contribution in [2.75, 3.05) is 7.11 Å². The van der Waals surface area contributed by atoms with Gasteiger partial charge < -0.3 is 9.47 Å². The summed E-state index contributed by atoms with van der Waals surface area (Å²) in [7, 11) is 1.56. The highest BCUT2D eigenvalue weighted by Gasteiger charge is 2.64. The van der Waals surface area contributed by atoms with Crippen LogP contribution in [0.1, 0.15) is 22.0 Å². The number of carbonyl (C=O) groups is 1. The van der Waals surface area contributed by atoms with Gasteiger partial charge in [0.25, 0.3) is 0 Å². The number of carbonyl (C=O) groups excluding carboxylic acids is 1. The first-order valence-electron chi connectivity index (χ1n) is 6.54. The predicted molar refractivity (Wildman–Crippen MR) is 75.9 cm³/mol. The molecule has 0 saturated carbocycles. The SMILES string of the molecule is COc1ccc(C(=O)C2(C#N)OC2c2ccccc2)cc1. The Kier molecular flexibility index (Phi) is 3.20. The molecule has 21 heavy (non-hydrogen) atoms. The number of hydrogen-bond acceptors (Lipinski definition) is 4. The standard InChI is InChI=1S/C17H13NO3/c1-20-14-9-7-12(8-10-14)15(19)17(11-18)16(21-17)13-5-3-2-4-6-13/h2-10,16H,1H3. The highest BCUT2D eigenvalue weighted by atomic mass is 16.6. The van der Waals surface area contributed by atoms with E-state index in [1.54, 1.807) is 31.4 Å². The molecule has 0 aliphatic carbocycles. The largest absolute Gasteiger partial charge is 0.497 e. The van der Waals surface area contributed by atoms with Crippen molar-refractivity contribution in [3.63, 3.8) is 0 Å². The lowest BCUT2D eigenvalue weighted by Crippen LogP contribution is -2.23. The Bertz CT molecular complexity index is 703. The van der Waals surface area contributed by atoms with Crippen molar-refractivity contribution >= 4 is 5.78 Å². The third kappa shape index (κ3) is 2.18. The first-order chi connectivity index (χ1) is 10.2. The molecule has 1 fully saturated rings. The first kappa shape index (κ1) is 13.3. The molecule has 1 aliphatic rings. The number of benzene rings is 2. The maximum Gasteiger partial charge on any atom is 0.248 e. The number of methoxy groups -OCH3 is 1. The lowest BCUT2D eigenvalue weighted by Gasteiger charge is -2.05. The molecule has 2 aromatic carbocycles. The minimum atomic E-state index is -1.41. The van der Waals surface area contributed by atoms with Gasteiger partial charge >= 0.3 is 0 Å². The summed E-state index contributed by atoms with van der Waals surface area (Å²) in [6, 6.07) is 18.0. The number of nitrogens with zero attached hydrogens (tertiary/aromatic N) is 1. The molecule has 0 amide bonds. The van der Waals surface area contributed by atoms with Gasteiger partial charge in [-0.15, -0.1) is 0 Å². The molecule has 4 nitrogen and oxygen atoms in total. The molecule has 4 heteroatoms.